The van der Waals surface area contributed by atoms with Gasteiger partial charge < -0.3 is 21.9 Å². The van der Waals surface area contributed by atoms with Gasteiger partial charge in [-0.1, -0.05) is 0 Å². The molecule has 0 aromatic rings. The molecule has 0 unspecified atom stereocenters. The van der Waals surface area contributed by atoms with Crippen LogP contribution in [0.4, 0.5) is 0 Å². The first-order valence-corrected chi connectivity index (χ1v) is 0. The Bertz CT molecular complexity index is 11.2. The number of hydrogen-bond donors (Lipinski definition) is 0. The van der Waals surface area contributed by atoms with Gasteiger partial charge in [-0.2, -0.15) is 0 Å². The first kappa shape index (κ1) is 106. The second-order valence-electron chi connectivity index (χ2n) is 0. The Labute approximate surface area is 127 Å². The van der Waals surface area contributed by atoms with Crippen LogP contribution in [0, 0.1) is 0 Å². The summed E-state index contributed by atoms with van der Waals surface area (Å²) in [5, 5.41) is 0. The van der Waals surface area contributed by atoms with Crippen molar-refractivity contribution in [1.29, 1.82) is 0 Å². The van der Waals surface area contributed by atoms with Crippen molar-refractivity contribution in [1.82, 2.24) is 0 Å². The third-order valence-electron chi connectivity index (χ3n) is 0. The average Bonchev–Trinajstić information content (AvgIpc) is 0. The predicted octanol–water partition coefficient (Wildman–Crippen LogP) is -10.3. The monoisotopic (exact) mass is 189 g/mol. The molecule has 0 bridgehead atoms. The minimum Gasteiger partial charge on any atom is -0.870 e. The van der Waals surface area contributed by atoms with Gasteiger partial charge in [0.1, 0.15) is 0 Å². The van der Waals surface area contributed by atoms with Crippen molar-refractivity contribution < 1.29 is 129 Å². The molecule has 0 saturated heterocycles. The van der Waals surface area contributed by atoms with Crippen molar-refractivity contribution >= 4 is 0 Å². The topological polar surface area (TPSA) is 122 Å². The van der Waals surface area contributed by atoms with E-state index in [2.05, 4.69) is 0 Å². The van der Waals surface area contributed by atoms with Gasteiger partial charge in [0.2, 0.25) is 0 Å². The predicted molar refractivity (Wildman–Crippen MR) is 9.42 cm³/mol. The fraction of sp³-hybridized carbons (Fsp3) is 0. The molecule has 0 rings (SSSR count). The van der Waals surface area contributed by atoms with Gasteiger partial charge in [0.05, 0.1) is 0 Å². The Kier molecular flexibility index (Phi) is 1040. The zero-order valence-corrected chi connectivity index (χ0v) is 12.7. The van der Waals surface area contributed by atoms with Crippen LogP contribution in [0.5, 0.6) is 0 Å². The molecule has 0 aliphatic carbocycles. The normalized spacial score (nSPS) is 0. The molecule has 0 fully saturated rings. The van der Waals surface area contributed by atoms with Crippen molar-refractivity contribution in [2.45, 2.75) is 0 Å². The van der Waals surface area contributed by atoms with Crippen LogP contribution in [-0.2, 0) is 18.6 Å². The zero-order valence-electron chi connectivity index (χ0n) is 5.29. The third-order valence-corrected chi connectivity index (χ3v) is 0. The summed E-state index contributed by atoms with van der Waals surface area (Å²) < 4.78 is 0. The number of hydrogen-bond acceptors (Lipinski definition) is 3. The van der Waals surface area contributed by atoms with E-state index < -0.39 is 0 Å². The Balaban J connectivity index is 0. The summed E-state index contributed by atoms with van der Waals surface area (Å²) in [4.78, 5) is 0. The van der Waals surface area contributed by atoms with E-state index in [4.69, 9.17) is 0 Å². The molecule has 0 aromatic carbocycles. The summed E-state index contributed by atoms with van der Waals surface area (Å²) in [5.41, 5.74) is 0. The molecule has 0 heterocycles. The van der Waals surface area contributed by atoms with Gasteiger partial charge in [-0.3, -0.25) is 0 Å². The van der Waals surface area contributed by atoms with E-state index in [1.54, 1.807) is 0 Å². The van der Waals surface area contributed by atoms with Crippen LogP contribution in [0.1, 0.15) is 0 Å². The zero-order chi connectivity index (χ0) is 0. The summed E-state index contributed by atoms with van der Waals surface area (Å²) in [6.45, 7) is 0. The van der Waals surface area contributed by atoms with Gasteiger partial charge in [-0.05, 0) is 0 Å². The van der Waals surface area contributed by atoms with E-state index >= 15 is 0 Å². The molecule has 1 radical (unpaired) electrons. The van der Waals surface area contributed by atoms with Crippen molar-refractivity contribution in [3.05, 3.63) is 0 Å². The maximum absolute atomic E-state index is 0. The van der Waals surface area contributed by atoms with Gasteiger partial charge in [0.15, 0.2) is 0 Å². The van der Waals surface area contributed by atoms with Gasteiger partial charge in [-0.15, -0.1) is 0 Å². The van der Waals surface area contributed by atoms with Gasteiger partial charge in [0.25, 0.3) is 0 Å². The van der Waals surface area contributed by atoms with Crippen LogP contribution in [0.2, 0.25) is 0 Å². The third kappa shape index (κ3) is 57.0. The standard InChI is InChI=1S/3Na.4H2O.V/h;;;4*1H2;/q3*+1;;;;;/p-3. The molecular weight excluding hydrogens is 184 g/mol. The molecule has 0 aliphatic heterocycles. The Hall–Kier alpha value is 3.42. The Morgan fingerprint density at radius 1 is 0.500 bits per heavy atom. The minimum atomic E-state index is 0. The first-order chi connectivity index (χ1) is 0. The largest absolute Gasteiger partial charge is 1.00 e. The van der Waals surface area contributed by atoms with E-state index in [1.165, 1.54) is 0 Å². The molecule has 8 heavy (non-hydrogen) atoms. The summed E-state index contributed by atoms with van der Waals surface area (Å²) >= 11 is 0. The second-order valence-corrected chi connectivity index (χ2v) is 0. The molecule has 5 N–H and O–H groups in total. The van der Waals surface area contributed by atoms with Crippen LogP contribution in [-0.4, -0.2) is 21.9 Å². The van der Waals surface area contributed by atoms with Crippen molar-refractivity contribution in [3.63, 3.8) is 0 Å². The molecule has 37 valence electrons. The molecule has 4 nitrogen and oxygen atoms in total. The van der Waals surface area contributed by atoms with Crippen molar-refractivity contribution in [3.8, 4) is 0 Å². The van der Waals surface area contributed by atoms with E-state index in [0.717, 1.165) is 0 Å². The van der Waals surface area contributed by atoms with Crippen LogP contribution in [0.3, 0.4) is 0 Å². The molecule has 0 aromatic heterocycles. The molecule has 0 atom stereocenters. The number of rotatable bonds is 0. The summed E-state index contributed by atoms with van der Waals surface area (Å²) in [6.07, 6.45) is 0. The van der Waals surface area contributed by atoms with Crippen LogP contribution < -0.4 is 88.7 Å². The van der Waals surface area contributed by atoms with Gasteiger partial charge in [-0.25, -0.2) is 0 Å². The minimum absolute atomic E-state index is 0. The summed E-state index contributed by atoms with van der Waals surface area (Å²) in [5.74, 6) is 0. The average molecular weight is 189 g/mol. The quantitative estimate of drug-likeness (QED) is 0.351. The van der Waals surface area contributed by atoms with Crippen LogP contribution in [0.15, 0.2) is 0 Å². The van der Waals surface area contributed by atoms with Gasteiger partial charge >= 0.3 is 88.7 Å². The summed E-state index contributed by atoms with van der Waals surface area (Å²) in [6, 6.07) is 0. The Morgan fingerprint density at radius 3 is 0.500 bits per heavy atom. The molecule has 0 spiro atoms. The smallest absolute Gasteiger partial charge is 0.870 e. The fourth-order valence-electron chi connectivity index (χ4n) is 0. The maximum Gasteiger partial charge on any atom is 1.00 e. The van der Waals surface area contributed by atoms with Crippen molar-refractivity contribution in [2.75, 3.05) is 0 Å². The van der Waals surface area contributed by atoms with Crippen LogP contribution in [0.25, 0.3) is 0 Å². The second kappa shape index (κ2) is 79.0. The first-order valence-electron chi connectivity index (χ1n) is 0. The molecule has 0 saturated carbocycles. The van der Waals surface area contributed by atoms with Gasteiger partial charge in [0, 0.05) is 18.6 Å². The van der Waals surface area contributed by atoms with E-state index in [1.807, 2.05) is 0 Å². The van der Waals surface area contributed by atoms with E-state index in [0.29, 0.717) is 0 Å². The molecule has 0 amide bonds. The fourth-order valence-corrected chi connectivity index (χ4v) is 0. The van der Waals surface area contributed by atoms with E-state index in [-0.39, 0.29) is 129 Å². The Morgan fingerprint density at radius 2 is 0.500 bits per heavy atom. The SMILES string of the molecule is O.[Na+].[Na+].[Na+].[OH-].[OH-].[OH-].[V]. The molecule has 8 heteroatoms. The molecule has 0 aliphatic rings. The van der Waals surface area contributed by atoms with E-state index in [9.17, 15) is 0 Å². The van der Waals surface area contributed by atoms with Crippen molar-refractivity contribution in [2.24, 2.45) is 0 Å². The molecular formula is H5Na3O4V. The van der Waals surface area contributed by atoms with Crippen LogP contribution >= 0.6 is 0 Å². The summed E-state index contributed by atoms with van der Waals surface area (Å²) in [7, 11) is 0. The maximum atomic E-state index is 0.